The number of amidine groups is 1. The minimum absolute atomic E-state index is 0.0387. The van der Waals surface area contributed by atoms with Crippen molar-refractivity contribution in [1.82, 2.24) is 4.90 Å². The van der Waals surface area contributed by atoms with Crippen molar-refractivity contribution in [1.29, 1.82) is 0 Å². The van der Waals surface area contributed by atoms with E-state index in [0.29, 0.717) is 33.6 Å². The van der Waals surface area contributed by atoms with Crippen molar-refractivity contribution in [3.63, 3.8) is 0 Å². The molecule has 32 heavy (non-hydrogen) atoms. The number of aromatic carboxylic acids is 1. The van der Waals surface area contributed by atoms with Crippen LogP contribution in [0.1, 0.15) is 29.3 Å². The molecule has 1 aliphatic heterocycles. The number of carboxylic acids is 2. The summed E-state index contributed by atoms with van der Waals surface area (Å²) in [5, 5.41) is 28.0. The van der Waals surface area contributed by atoms with Gasteiger partial charge in [0.1, 0.15) is 17.1 Å². The lowest BCUT2D eigenvalue weighted by Gasteiger charge is -2.12. The Balaban J connectivity index is 1.83. The highest BCUT2D eigenvalue weighted by molar-refractivity contribution is 8.18. The molecule has 1 heterocycles. The number of hydrogen-bond acceptors (Lipinski definition) is 7. The van der Waals surface area contributed by atoms with Crippen molar-refractivity contribution in [2.45, 2.75) is 13.3 Å². The summed E-state index contributed by atoms with van der Waals surface area (Å²) >= 11 is 1.16. The molecule has 0 aliphatic carbocycles. The fourth-order valence-corrected chi connectivity index (χ4v) is 3.92. The van der Waals surface area contributed by atoms with Gasteiger partial charge in [0.25, 0.3) is 5.91 Å². The molecule has 0 spiro atoms. The molecule has 3 N–H and O–H groups in total. The Morgan fingerprint density at radius 3 is 2.62 bits per heavy atom. The third-order valence-corrected chi connectivity index (χ3v) is 5.39. The zero-order valence-corrected chi connectivity index (χ0v) is 17.8. The molecule has 0 bridgehead atoms. The van der Waals surface area contributed by atoms with Crippen molar-refractivity contribution in [3.8, 4) is 11.5 Å². The number of carbonyl (C=O) groups is 3. The van der Waals surface area contributed by atoms with Gasteiger partial charge in [-0.1, -0.05) is 12.1 Å². The SMILES string of the molecule is CCN1C(=O)/C(=C/c2cccc(OCCC(=O)O)c2)SC1=Nc1ccc(C(=O)O)c(O)c1. The van der Waals surface area contributed by atoms with E-state index in [1.54, 1.807) is 37.3 Å². The van der Waals surface area contributed by atoms with E-state index in [0.717, 1.165) is 11.8 Å². The van der Waals surface area contributed by atoms with Crippen molar-refractivity contribution in [3.05, 3.63) is 58.5 Å². The van der Waals surface area contributed by atoms with Gasteiger partial charge >= 0.3 is 11.9 Å². The molecule has 1 fully saturated rings. The molecule has 0 aromatic heterocycles. The number of thioether (sulfide) groups is 1. The second-order valence-corrected chi connectivity index (χ2v) is 7.63. The number of amides is 1. The Kier molecular flexibility index (Phi) is 7.16. The number of hydrogen-bond donors (Lipinski definition) is 3. The van der Waals surface area contributed by atoms with Gasteiger partial charge in [0.2, 0.25) is 0 Å². The van der Waals surface area contributed by atoms with Gasteiger partial charge in [-0.15, -0.1) is 0 Å². The lowest BCUT2D eigenvalue weighted by Crippen LogP contribution is -2.28. The summed E-state index contributed by atoms with van der Waals surface area (Å²) in [5.41, 5.74) is 0.785. The van der Waals surface area contributed by atoms with E-state index >= 15 is 0 Å². The largest absolute Gasteiger partial charge is 0.507 e. The summed E-state index contributed by atoms with van der Waals surface area (Å²) < 4.78 is 5.43. The quantitative estimate of drug-likeness (QED) is 0.513. The summed E-state index contributed by atoms with van der Waals surface area (Å²) in [4.78, 5) is 40.8. The topological polar surface area (TPSA) is 137 Å². The lowest BCUT2D eigenvalue weighted by molar-refractivity contribution is -0.137. The van der Waals surface area contributed by atoms with E-state index in [1.165, 1.54) is 23.1 Å². The highest BCUT2D eigenvalue weighted by Crippen LogP contribution is 2.35. The summed E-state index contributed by atoms with van der Waals surface area (Å²) in [7, 11) is 0. The predicted molar refractivity (Wildman–Crippen MR) is 119 cm³/mol. The Morgan fingerprint density at radius 1 is 1.19 bits per heavy atom. The van der Waals surface area contributed by atoms with E-state index in [2.05, 4.69) is 4.99 Å². The van der Waals surface area contributed by atoms with Crippen LogP contribution in [-0.2, 0) is 9.59 Å². The molecular weight excluding hydrogens is 436 g/mol. The molecule has 1 amide bonds. The van der Waals surface area contributed by atoms with Crippen LogP contribution in [0.3, 0.4) is 0 Å². The van der Waals surface area contributed by atoms with Gasteiger partial charge in [0, 0.05) is 12.6 Å². The number of aromatic hydroxyl groups is 1. The smallest absolute Gasteiger partial charge is 0.339 e. The average Bonchev–Trinajstić information content (AvgIpc) is 3.01. The molecule has 0 unspecified atom stereocenters. The number of phenols is 1. The predicted octanol–water partition coefficient (Wildman–Crippen LogP) is 3.57. The number of likely N-dealkylation sites (N-methyl/N-ethyl adjacent to an activating group) is 1. The molecule has 166 valence electrons. The van der Waals surface area contributed by atoms with Crippen LogP contribution in [0.4, 0.5) is 5.69 Å². The number of aliphatic carboxylic acids is 1. The molecule has 0 atom stereocenters. The molecule has 2 aromatic rings. The molecular formula is C22H20N2O7S. The Bertz CT molecular complexity index is 1130. The number of aliphatic imine (C=N–C) groups is 1. The molecule has 1 saturated heterocycles. The minimum Gasteiger partial charge on any atom is -0.507 e. The zero-order valence-electron chi connectivity index (χ0n) is 17.0. The standard InChI is InChI=1S/C22H20N2O7S/c1-2-24-20(28)18(11-13-4-3-5-15(10-13)31-9-8-19(26)27)32-22(24)23-14-6-7-16(21(29)30)17(25)12-14/h3-7,10-12,25H,2,8-9H2,1H3,(H,26,27)(H,29,30)/b18-11-,23-22?. The number of carboxylic acid groups (broad SMARTS) is 2. The number of ether oxygens (including phenoxy) is 1. The maximum atomic E-state index is 12.8. The van der Waals surface area contributed by atoms with E-state index < -0.39 is 17.7 Å². The Hall–Kier alpha value is -3.79. The van der Waals surface area contributed by atoms with E-state index in [4.69, 9.17) is 14.9 Å². The van der Waals surface area contributed by atoms with Crippen LogP contribution in [0.15, 0.2) is 52.4 Å². The highest BCUT2D eigenvalue weighted by Gasteiger charge is 2.32. The van der Waals surface area contributed by atoms with Gasteiger partial charge in [-0.3, -0.25) is 14.5 Å². The first kappa shape index (κ1) is 22.9. The van der Waals surface area contributed by atoms with Crippen molar-refractivity contribution >= 4 is 46.5 Å². The van der Waals surface area contributed by atoms with Gasteiger partial charge in [0.05, 0.1) is 23.6 Å². The van der Waals surface area contributed by atoms with Crippen LogP contribution in [0.5, 0.6) is 11.5 Å². The van der Waals surface area contributed by atoms with Crippen LogP contribution in [0, 0.1) is 0 Å². The first-order valence-corrected chi connectivity index (χ1v) is 10.4. The number of benzene rings is 2. The molecule has 3 rings (SSSR count). The number of carbonyl (C=O) groups excluding carboxylic acids is 1. The van der Waals surface area contributed by atoms with Gasteiger partial charge in [-0.2, -0.15) is 0 Å². The summed E-state index contributed by atoms with van der Waals surface area (Å²) in [6, 6.07) is 10.9. The van der Waals surface area contributed by atoms with Crippen molar-refractivity contribution in [2.24, 2.45) is 4.99 Å². The van der Waals surface area contributed by atoms with Gasteiger partial charge in [-0.25, -0.2) is 9.79 Å². The minimum atomic E-state index is -1.25. The molecule has 0 radical (unpaired) electrons. The zero-order chi connectivity index (χ0) is 23.3. The lowest BCUT2D eigenvalue weighted by atomic mass is 10.2. The third-order valence-electron chi connectivity index (χ3n) is 4.38. The molecule has 1 aliphatic rings. The van der Waals surface area contributed by atoms with Crippen molar-refractivity contribution < 1.29 is 34.4 Å². The Morgan fingerprint density at radius 2 is 1.97 bits per heavy atom. The maximum absolute atomic E-state index is 12.8. The van der Waals surface area contributed by atoms with Crippen LogP contribution < -0.4 is 4.74 Å². The second kappa shape index (κ2) is 10.0. The maximum Gasteiger partial charge on any atom is 0.339 e. The first-order chi connectivity index (χ1) is 15.3. The van der Waals surface area contributed by atoms with E-state index in [1.807, 2.05) is 0 Å². The van der Waals surface area contributed by atoms with E-state index in [9.17, 15) is 19.5 Å². The van der Waals surface area contributed by atoms with Crippen molar-refractivity contribution in [2.75, 3.05) is 13.2 Å². The normalized spacial score (nSPS) is 16.0. The molecule has 10 heteroatoms. The highest BCUT2D eigenvalue weighted by atomic mass is 32.2. The molecule has 2 aromatic carbocycles. The third kappa shape index (κ3) is 5.46. The second-order valence-electron chi connectivity index (χ2n) is 6.63. The van der Waals surface area contributed by atoms with Gasteiger partial charge in [-0.05, 0) is 54.6 Å². The van der Waals surface area contributed by atoms with Crippen LogP contribution in [0.2, 0.25) is 0 Å². The molecule has 0 saturated carbocycles. The van der Waals surface area contributed by atoms with E-state index in [-0.39, 0.29) is 24.5 Å². The van der Waals surface area contributed by atoms with Crippen LogP contribution >= 0.6 is 11.8 Å². The number of rotatable bonds is 8. The monoisotopic (exact) mass is 456 g/mol. The fourth-order valence-electron chi connectivity index (χ4n) is 2.85. The number of nitrogens with zero attached hydrogens (tertiary/aromatic N) is 2. The van der Waals surface area contributed by atoms with Crippen LogP contribution in [-0.4, -0.2) is 56.4 Å². The fraction of sp³-hybridized carbons (Fsp3) is 0.182. The summed E-state index contributed by atoms with van der Waals surface area (Å²) in [6.07, 6.45) is 1.57. The van der Waals surface area contributed by atoms with Gasteiger partial charge < -0.3 is 20.1 Å². The first-order valence-electron chi connectivity index (χ1n) is 9.59. The summed E-state index contributed by atoms with van der Waals surface area (Å²) in [5.74, 6) is -2.35. The molecule has 9 nitrogen and oxygen atoms in total. The Labute approximate surface area is 187 Å². The average molecular weight is 456 g/mol. The van der Waals surface area contributed by atoms with Crippen LogP contribution in [0.25, 0.3) is 6.08 Å². The summed E-state index contributed by atoms with van der Waals surface area (Å²) in [6.45, 7) is 2.22. The van der Waals surface area contributed by atoms with Gasteiger partial charge in [0.15, 0.2) is 5.17 Å².